The number of carbonyl (C=O) groups is 1. The van der Waals surface area contributed by atoms with Crippen LogP contribution >= 0.6 is 0 Å². The maximum Gasteiger partial charge on any atom is 0.225 e. The Labute approximate surface area is 91.2 Å². The highest BCUT2D eigenvalue weighted by atomic mass is 16.5. The summed E-state index contributed by atoms with van der Waals surface area (Å²) in [5.41, 5.74) is 0. The highest BCUT2D eigenvalue weighted by Crippen LogP contribution is 2.17. The van der Waals surface area contributed by atoms with Crippen molar-refractivity contribution in [2.24, 2.45) is 0 Å². The molecule has 4 nitrogen and oxygen atoms in total. The third kappa shape index (κ3) is 3.80. The van der Waals surface area contributed by atoms with Gasteiger partial charge in [-0.25, -0.2) is 0 Å². The molecule has 0 aromatic rings. The zero-order chi connectivity index (χ0) is 11.1. The van der Waals surface area contributed by atoms with Gasteiger partial charge in [0.1, 0.15) is 0 Å². The summed E-state index contributed by atoms with van der Waals surface area (Å²) in [6.07, 6.45) is 3.36. The molecular weight excluding hydrogens is 194 g/mol. The summed E-state index contributed by atoms with van der Waals surface area (Å²) in [4.78, 5) is 13.5. The van der Waals surface area contributed by atoms with Crippen molar-refractivity contribution in [2.75, 3.05) is 26.4 Å². The Morgan fingerprint density at radius 3 is 3.00 bits per heavy atom. The van der Waals surface area contributed by atoms with E-state index in [1.807, 2.05) is 6.92 Å². The van der Waals surface area contributed by atoms with Crippen LogP contribution in [0.1, 0.15) is 32.6 Å². The Bertz CT molecular complexity index is 196. The molecule has 0 bridgehead atoms. The van der Waals surface area contributed by atoms with Crippen LogP contribution in [-0.4, -0.2) is 48.3 Å². The average molecular weight is 215 g/mol. The van der Waals surface area contributed by atoms with Gasteiger partial charge < -0.3 is 14.7 Å². The summed E-state index contributed by atoms with van der Waals surface area (Å²) >= 11 is 0. The Hall–Kier alpha value is -0.610. The first-order chi connectivity index (χ1) is 7.29. The Morgan fingerprint density at radius 2 is 2.33 bits per heavy atom. The molecule has 0 aliphatic carbocycles. The van der Waals surface area contributed by atoms with Crippen molar-refractivity contribution < 1.29 is 14.6 Å². The fraction of sp³-hybridized carbons (Fsp3) is 0.909. The number of hydrogen-bond donors (Lipinski definition) is 1. The van der Waals surface area contributed by atoms with Crippen LogP contribution in [0.2, 0.25) is 0 Å². The third-order valence-electron chi connectivity index (χ3n) is 2.72. The Kier molecular flexibility index (Phi) is 5.65. The van der Waals surface area contributed by atoms with Crippen molar-refractivity contribution in [2.45, 2.75) is 38.6 Å². The van der Waals surface area contributed by atoms with Gasteiger partial charge in [-0.3, -0.25) is 4.79 Å². The molecule has 0 aromatic heterocycles. The molecule has 1 fully saturated rings. The van der Waals surface area contributed by atoms with E-state index < -0.39 is 0 Å². The van der Waals surface area contributed by atoms with Crippen LogP contribution < -0.4 is 0 Å². The molecule has 1 unspecified atom stereocenters. The molecule has 1 N–H and O–H groups in total. The monoisotopic (exact) mass is 215 g/mol. The minimum Gasteiger partial charge on any atom is -0.394 e. The van der Waals surface area contributed by atoms with Crippen LogP contribution in [0.15, 0.2) is 0 Å². The predicted molar refractivity (Wildman–Crippen MR) is 57.5 cm³/mol. The normalized spacial score (nSPS) is 20.9. The van der Waals surface area contributed by atoms with E-state index in [0.29, 0.717) is 13.0 Å². The van der Waals surface area contributed by atoms with E-state index in [0.717, 1.165) is 32.4 Å². The van der Waals surface area contributed by atoms with Gasteiger partial charge in [0.2, 0.25) is 5.91 Å². The summed E-state index contributed by atoms with van der Waals surface area (Å²) in [6, 6.07) is 0.0451. The zero-order valence-corrected chi connectivity index (χ0v) is 9.45. The van der Waals surface area contributed by atoms with Crippen molar-refractivity contribution in [3.05, 3.63) is 0 Å². The lowest BCUT2D eigenvalue weighted by molar-refractivity contribution is -0.133. The van der Waals surface area contributed by atoms with E-state index in [1.54, 1.807) is 4.90 Å². The van der Waals surface area contributed by atoms with Gasteiger partial charge in [-0.2, -0.15) is 0 Å². The third-order valence-corrected chi connectivity index (χ3v) is 2.72. The summed E-state index contributed by atoms with van der Waals surface area (Å²) in [5.74, 6) is 0.114. The van der Waals surface area contributed by atoms with E-state index in [9.17, 15) is 4.79 Å². The van der Waals surface area contributed by atoms with E-state index >= 15 is 0 Å². The molecule has 1 saturated heterocycles. The fourth-order valence-electron chi connectivity index (χ4n) is 1.90. The summed E-state index contributed by atoms with van der Waals surface area (Å²) in [6.45, 7) is 4.14. The second-order valence-electron chi connectivity index (χ2n) is 3.93. The second-order valence-corrected chi connectivity index (χ2v) is 3.93. The number of carbonyl (C=O) groups excluding carboxylic acids is 1. The highest BCUT2D eigenvalue weighted by Gasteiger charge is 2.27. The molecule has 1 atom stereocenters. The molecule has 0 radical (unpaired) electrons. The topological polar surface area (TPSA) is 49.8 Å². The number of rotatable bonds is 6. The van der Waals surface area contributed by atoms with Gasteiger partial charge >= 0.3 is 0 Å². The zero-order valence-electron chi connectivity index (χ0n) is 9.45. The largest absolute Gasteiger partial charge is 0.394 e. The van der Waals surface area contributed by atoms with Gasteiger partial charge in [-0.1, -0.05) is 6.92 Å². The van der Waals surface area contributed by atoms with Gasteiger partial charge in [0, 0.05) is 13.2 Å². The van der Waals surface area contributed by atoms with Crippen LogP contribution in [0.3, 0.4) is 0 Å². The smallest absolute Gasteiger partial charge is 0.225 e. The Balaban J connectivity index is 2.21. The van der Waals surface area contributed by atoms with Crippen LogP contribution in [-0.2, 0) is 9.53 Å². The molecule has 88 valence electrons. The van der Waals surface area contributed by atoms with Crippen molar-refractivity contribution in [1.82, 2.24) is 4.90 Å². The number of amides is 1. The SMILES string of the molecule is CCCOCCC(=O)N1CCCC1CO. The molecule has 1 aliphatic heterocycles. The number of nitrogens with zero attached hydrogens (tertiary/aromatic N) is 1. The number of aliphatic hydroxyl groups excluding tert-OH is 1. The number of ether oxygens (including phenoxy) is 1. The van der Waals surface area contributed by atoms with Gasteiger partial charge in [0.25, 0.3) is 0 Å². The molecule has 0 spiro atoms. The van der Waals surface area contributed by atoms with E-state index in [1.165, 1.54) is 0 Å². The molecule has 1 amide bonds. The van der Waals surface area contributed by atoms with Crippen molar-refractivity contribution in [3.63, 3.8) is 0 Å². The molecule has 1 aliphatic rings. The first-order valence-corrected chi connectivity index (χ1v) is 5.77. The van der Waals surface area contributed by atoms with Crippen molar-refractivity contribution in [3.8, 4) is 0 Å². The van der Waals surface area contributed by atoms with Crippen LogP contribution in [0.5, 0.6) is 0 Å². The maximum absolute atomic E-state index is 11.7. The second kappa shape index (κ2) is 6.80. The molecule has 1 rings (SSSR count). The minimum absolute atomic E-state index is 0.0451. The Morgan fingerprint density at radius 1 is 1.53 bits per heavy atom. The molecular formula is C11H21NO3. The standard InChI is InChI=1S/C11H21NO3/c1-2-7-15-8-5-11(14)12-6-3-4-10(12)9-13/h10,13H,2-9H2,1H3. The number of hydrogen-bond acceptors (Lipinski definition) is 3. The first-order valence-electron chi connectivity index (χ1n) is 5.77. The van der Waals surface area contributed by atoms with Gasteiger partial charge in [-0.05, 0) is 19.3 Å². The molecule has 0 saturated carbocycles. The highest BCUT2D eigenvalue weighted by molar-refractivity contribution is 5.76. The molecule has 0 aromatic carbocycles. The lowest BCUT2D eigenvalue weighted by atomic mass is 10.2. The van der Waals surface area contributed by atoms with Gasteiger partial charge in [0.15, 0.2) is 0 Å². The maximum atomic E-state index is 11.7. The predicted octanol–water partition coefficient (Wildman–Crippen LogP) is 0.786. The van der Waals surface area contributed by atoms with Crippen molar-refractivity contribution >= 4 is 5.91 Å². The summed E-state index contributed by atoms with van der Waals surface area (Å²) < 4.78 is 5.27. The number of likely N-dealkylation sites (tertiary alicyclic amines) is 1. The summed E-state index contributed by atoms with van der Waals surface area (Å²) in [5, 5.41) is 9.07. The van der Waals surface area contributed by atoms with Gasteiger partial charge in [0.05, 0.1) is 25.7 Å². The van der Waals surface area contributed by atoms with Crippen LogP contribution in [0.25, 0.3) is 0 Å². The van der Waals surface area contributed by atoms with E-state index in [2.05, 4.69) is 0 Å². The lowest BCUT2D eigenvalue weighted by Crippen LogP contribution is -2.38. The fourth-order valence-corrected chi connectivity index (χ4v) is 1.90. The number of aliphatic hydroxyl groups is 1. The summed E-state index contributed by atoms with van der Waals surface area (Å²) in [7, 11) is 0. The van der Waals surface area contributed by atoms with Crippen LogP contribution in [0.4, 0.5) is 0 Å². The average Bonchev–Trinajstić information content (AvgIpc) is 2.72. The molecule has 15 heavy (non-hydrogen) atoms. The van der Waals surface area contributed by atoms with E-state index in [-0.39, 0.29) is 18.6 Å². The lowest BCUT2D eigenvalue weighted by Gasteiger charge is -2.22. The molecule has 1 heterocycles. The van der Waals surface area contributed by atoms with E-state index in [4.69, 9.17) is 9.84 Å². The minimum atomic E-state index is 0.0451. The van der Waals surface area contributed by atoms with Gasteiger partial charge in [-0.15, -0.1) is 0 Å². The molecule has 4 heteroatoms. The van der Waals surface area contributed by atoms with Crippen molar-refractivity contribution in [1.29, 1.82) is 0 Å². The first kappa shape index (κ1) is 12.5. The van der Waals surface area contributed by atoms with Crippen LogP contribution in [0, 0.1) is 0 Å². The quantitative estimate of drug-likeness (QED) is 0.666.